The Morgan fingerprint density at radius 2 is 2.33 bits per heavy atom. The van der Waals surface area contributed by atoms with E-state index in [-0.39, 0.29) is 0 Å². The summed E-state index contributed by atoms with van der Waals surface area (Å²) in [5.41, 5.74) is 1.21. The van der Waals surface area contributed by atoms with Gasteiger partial charge in [0.1, 0.15) is 12.0 Å². The Labute approximate surface area is 90.1 Å². The molecular formula is C12H17FN2. The molecule has 0 spiro atoms. The van der Waals surface area contributed by atoms with Crippen molar-refractivity contribution in [2.75, 3.05) is 18.0 Å². The summed E-state index contributed by atoms with van der Waals surface area (Å²) in [5, 5.41) is 0. The molecule has 1 aliphatic heterocycles. The number of anilines is 1. The average molecular weight is 208 g/mol. The Hall–Kier alpha value is -1.12. The molecule has 82 valence electrons. The van der Waals surface area contributed by atoms with E-state index in [0.717, 1.165) is 12.4 Å². The maximum atomic E-state index is 13.1. The molecule has 0 aliphatic carbocycles. The largest absolute Gasteiger partial charge is 0.353 e. The number of aromatic nitrogens is 1. The van der Waals surface area contributed by atoms with E-state index in [1.54, 1.807) is 6.20 Å². The first kappa shape index (κ1) is 10.4. The van der Waals surface area contributed by atoms with Crippen molar-refractivity contribution in [3.63, 3.8) is 0 Å². The summed E-state index contributed by atoms with van der Waals surface area (Å²) in [4.78, 5) is 6.43. The van der Waals surface area contributed by atoms with Crippen LogP contribution in [0.2, 0.25) is 0 Å². The van der Waals surface area contributed by atoms with Gasteiger partial charge in [0.05, 0.1) is 6.54 Å². The zero-order chi connectivity index (χ0) is 10.8. The minimum Gasteiger partial charge on any atom is -0.353 e. The highest BCUT2D eigenvalue weighted by Gasteiger charge is 2.24. The lowest BCUT2D eigenvalue weighted by atomic mass is 10.0. The van der Waals surface area contributed by atoms with Crippen molar-refractivity contribution in [1.82, 2.24) is 4.98 Å². The molecule has 1 atom stereocenters. The molecule has 1 aliphatic rings. The van der Waals surface area contributed by atoms with Crippen molar-refractivity contribution < 1.29 is 4.39 Å². The molecule has 2 nitrogen and oxygen atoms in total. The van der Waals surface area contributed by atoms with Crippen LogP contribution >= 0.6 is 0 Å². The summed E-state index contributed by atoms with van der Waals surface area (Å²) in [6, 6.07) is 4.03. The lowest BCUT2D eigenvalue weighted by Crippen LogP contribution is -2.22. The minimum atomic E-state index is -0.688. The van der Waals surface area contributed by atoms with E-state index in [2.05, 4.69) is 29.8 Å². The van der Waals surface area contributed by atoms with Gasteiger partial charge in [-0.15, -0.1) is 0 Å². The monoisotopic (exact) mass is 208 g/mol. The molecule has 1 aromatic heterocycles. The minimum absolute atomic E-state index is 0.437. The second-order valence-corrected chi connectivity index (χ2v) is 4.40. The van der Waals surface area contributed by atoms with E-state index in [1.165, 1.54) is 5.56 Å². The van der Waals surface area contributed by atoms with Gasteiger partial charge >= 0.3 is 0 Å². The molecule has 2 rings (SSSR count). The molecule has 0 bridgehead atoms. The van der Waals surface area contributed by atoms with Crippen LogP contribution in [0.15, 0.2) is 18.3 Å². The van der Waals surface area contributed by atoms with Crippen molar-refractivity contribution in [1.29, 1.82) is 0 Å². The van der Waals surface area contributed by atoms with Gasteiger partial charge in [-0.05, 0) is 24.0 Å². The second kappa shape index (κ2) is 4.17. The van der Waals surface area contributed by atoms with E-state index >= 15 is 0 Å². The smallest absolute Gasteiger partial charge is 0.132 e. The van der Waals surface area contributed by atoms with Crippen LogP contribution in [0, 0.1) is 0 Å². The van der Waals surface area contributed by atoms with Crippen molar-refractivity contribution in [2.24, 2.45) is 0 Å². The lowest BCUT2D eigenvalue weighted by molar-refractivity contribution is 0.364. The molecular weight excluding hydrogens is 191 g/mol. The SMILES string of the molecule is CC(C)c1cccnc1N1CCC(F)C1. The maximum absolute atomic E-state index is 13.1. The van der Waals surface area contributed by atoms with Crippen molar-refractivity contribution in [2.45, 2.75) is 32.4 Å². The molecule has 1 saturated heterocycles. The second-order valence-electron chi connectivity index (χ2n) is 4.40. The van der Waals surface area contributed by atoms with Crippen LogP contribution in [-0.2, 0) is 0 Å². The van der Waals surface area contributed by atoms with Gasteiger partial charge in [0.2, 0.25) is 0 Å². The number of pyridine rings is 1. The van der Waals surface area contributed by atoms with Crippen LogP contribution in [0.5, 0.6) is 0 Å². The summed E-state index contributed by atoms with van der Waals surface area (Å²) in [6.07, 6.45) is 1.73. The average Bonchev–Trinajstić information content (AvgIpc) is 2.65. The van der Waals surface area contributed by atoms with Crippen LogP contribution in [0.25, 0.3) is 0 Å². The third-order valence-corrected chi connectivity index (χ3v) is 2.87. The third kappa shape index (κ3) is 2.11. The van der Waals surface area contributed by atoms with E-state index in [1.807, 2.05) is 6.07 Å². The summed E-state index contributed by atoms with van der Waals surface area (Å²) < 4.78 is 13.1. The molecule has 0 N–H and O–H groups in total. The lowest BCUT2D eigenvalue weighted by Gasteiger charge is -2.21. The number of hydrogen-bond donors (Lipinski definition) is 0. The molecule has 1 fully saturated rings. The summed E-state index contributed by atoms with van der Waals surface area (Å²) >= 11 is 0. The normalized spacial score (nSPS) is 21.3. The highest BCUT2D eigenvalue weighted by atomic mass is 19.1. The van der Waals surface area contributed by atoms with Gasteiger partial charge in [0.15, 0.2) is 0 Å². The van der Waals surface area contributed by atoms with E-state index < -0.39 is 6.17 Å². The predicted octanol–water partition coefficient (Wildman–Crippen LogP) is 2.75. The molecule has 15 heavy (non-hydrogen) atoms. The van der Waals surface area contributed by atoms with Gasteiger partial charge < -0.3 is 4.90 Å². The molecule has 0 aromatic carbocycles. The fourth-order valence-corrected chi connectivity index (χ4v) is 2.03. The Morgan fingerprint density at radius 1 is 1.53 bits per heavy atom. The van der Waals surface area contributed by atoms with Crippen LogP contribution in [-0.4, -0.2) is 24.2 Å². The Kier molecular flexibility index (Phi) is 2.89. The number of rotatable bonds is 2. The Bertz CT molecular complexity index is 338. The van der Waals surface area contributed by atoms with Crippen LogP contribution in [0.3, 0.4) is 0 Å². The predicted molar refractivity (Wildman–Crippen MR) is 60.1 cm³/mol. The van der Waals surface area contributed by atoms with Crippen LogP contribution in [0.1, 0.15) is 31.7 Å². The summed E-state index contributed by atoms with van der Waals surface area (Å²) in [6.45, 7) is 5.57. The van der Waals surface area contributed by atoms with Gasteiger partial charge in [-0.1, -0.05) is 19.9 Å². The maximum Gasteiger partial charge on any atom is 0.132 e. The Balaban J connectivity index is 2.27. The summed E-state index contributed by atoms with van der Waals surface area (Å²) in [5.74, 6) is 1.40. The van der Waals surface area contributed by atoms with Crippen molar-refractivity contribution in [3.8, 4) is 0 Å². The fraction of sp³-hybridized carbons (Fsp3) is 0.583. The molecule has 2 heterocycles. The van der Waals surface area contributed by atoms with Gasteiger partial charge in [-0.3, -0.25) is 0 Å². The van der Waals surface area contributed by atoms with E-state index in [4.69, 9.17) is 0 Å². The molecule has 0 saturated carbocycles. The highest BCUT2D eigenvalue weighted by molar-refractivity contribution is 5.49. The number of nitrogens with zero attached hydrogens (tertiary/aromatic N) is 2. The number of halogens is 1. The van der Waals surface area contributed by atoms with Gasteiger partial charge in [0, 0.05) is 12.7 Å². The summed E-state index contributed by atoms with van der Waals surface area (Å²) in [7, 11) is 0. The number of hydrogen-bond acceptors (Lipinski definition) is 2. The molecule has 1 aromatic rings. The molecule has 0 radical (unpaired) electrons. The zero-order valence-electron chi connectivity index (χ0n) is 9.28. The van der Waals surface area contributed by atoms with Gasteiger partial charge in [-0.2, -0.15) is 0 Å². The first-order valence-corrected chi connectivity index (χ1v) is 5.52. The van der Waals surface area contributed by atoms with Gasteiger partial charge in [0.25, 0.3) is 0 Å². The first-order valence-electron chi connectivity index (χ1n) is 5.52. The molecule has 0 amide bonds. The quantitative estimate of drug-likeness (QED) is 0.743. The van der Waals surface area contributed by atoms with Crippen LogP contribution < -0.4 is 4.90 Å². The zero-order valence-corrected chi connectivity index (χ0v) is 9.28. The molecule has 3 heteroatoms. The van der Waals surface area contributed by atoms with E-state index in [0.29, 0.717) is 18.9 Å². The van der Waals surface area contributed by atoms with E-state index in [9.17, 15) is 4.39 Å². The third-order valence-electron chi connectivity index (χ3n) is 2.87. The van der Waals surface area contributed by atoms with Crippen LogP contribution in [0.4, 0.5) is 10.2 Å². The first-order chi connectivity index (χ1) is 7.18. The van der Waals surface area contributed by atoms with Crippen molar-refractivity contribution >= 4 is 5.82 Å². The highest BCUT2D eigenvalue weighted by Crippen LogP contribution is 2.28. The topological polar surface area (TPSA) is 16.1 Å². The van der Waals surface area contributed by atoms with Crippen molar-refractivity contribution in [3.05, 3.63) is 23.9 Å². The number of alkyl halides is 1. The van der Waals surface area contributed by atoms with Gasteiger partial charge in [-0.25, -0.2) is 9.37 Å². The molecule has 1 unspecified atom stereocenters. The standard InChI is InChI=1S/C12H17FN2/c1-9(2)11-4-3-6-14-12(11)15-7-5-10(13)8-15/h3-4,6,9-10H,5,7-8H2,1-2H3. The Morgan fingerprint density at radius 3 is 2.93 bits per heavy atom. The fourth-order valence-electron chi connectivity index (χ4n) is 2.03.